The molecule has 0 aliphatic rings. The summed E-state index contributed by atoms with van der Waals surface area (Å²) in [4.78, 5) is 31.4. The van der Waals surface area contributed by atoms with Gasteiger partial charge in [0, 0.05) is 18.0 Å². The van der Waals surface area contributed by atoms with Crippen LogP contribution in [0.5, 0.6) is 0 Å². The summed E-state index contributed by atoms with van der Waals surface area (Å²) in [6.45, 7) is 1.66. The van der Waals surface area contributed by atoms with Crippen LogP contribution in [-0.4, -0.2) is 35.3 Å². The van der Waals surface area contributed by atoms with Gasteiger partial charge >= 0.3 is 0 Å². The van der Waals surface area contributed by atoms with E-state index in [1.807, 2.05) is 16.8 Å². The van der Waals surface area contributed by atoms with Gasteiger partial charge in [0.2, 0.25) is 5.91 Å². The van der Waals surface area contributed by atoms with E-state index in [1.165, 1.54) is 16.2 Å². The maximum atomic E-state index is 12.7. The first-order valence-corrected chi connectivity index (χ1v) is 10.4. The Morgan fingerprint density at radius 3 is 2.56 bits per heavy atom. The average molecular weight is 440 g/mol. The molecule has 0 saturated heterocycles. The van der Waals surface area contributed by atoms with Gasteiger partial charge in [-0.15, -0.1) is 11.3 Å². The first kappa shape index (κ1) is 19.8. The van der Waals surface area contributed by atoms with E-state index < -0.39 is 0 Å². The smallest absolute Gasteiger partial charge is 0.266 e. The number of nitrogens with zero attached hydrogens (tertiary/aromatic N) is 2. The van der Waals surface area contributed by atoms with Gasteiger partial charge in [-0.2, -0.15) is 11.3 Å². The number of halogens is 2. The highest BCUT2D eigenvalue weighted by Crippen LogP contribution is 2.31. The minimum atomic E-state index is -0.388. The van der Waals surface area contributed by atoms with Gasteiger partial charge in [-0.25, -0.2) is 4.98 Å². The van der Waals surface area contributed by atoms with E-state index in [1.54, 1.807) is 43.5 Å². The zero-order valence-electron chi connectivity index (χ0n) is 14.5. The molecule has 0 bridgehead atoms. The minimum Gasteiger partial charge on any atom is -0.332 e. The molecular formula is C18H15Cl2N3O2S2. The number of aromatic nitrogens is 1. The number of likely N-dealkylation sites (N-methyl/N-ethyl adjacent to an activating group) is 1. The molecule has 0 aliphatic carbocycles. The Hall–Kier alpha value is -1.93. The first-order valence-electron chi connectivity index (χ1n) is 7.86. The van der Waals surface area contributed by atoms with Crippen LogP contribution in [0.15, 0.2) is 35.0 Å². The third-order valence-corrected chi connectivity index (χ3v) is 6.22. The van der Waals surface area contributed by atoms with Crippen LogP contribution in [0.1, 0.15) is 15.4 Å². The van der Waals surface area contributed by atoms with Crippen LogP contribution < -0.4 is 5.32 Å². The predicted octanol–water partition coefficient (Wildman–Crippen LogP) is 5.20. The Morgan fingerprint density at radius 2 is 1.93 bits per heavy atom. The van der Waals surface area contributed by atoms with Gasteiger partial charge in [0.25, 0.3) is 5.91 Å². The van der Waals surface area contributed by atoms with Crippen molar-refractivity contribution in [3.8, 4) is 10.6 Å². The fraction of sp³-hybridized carbons (Fsp3) is 0.167. The Labute approximate surface area is 174 Å². The number of carbonyl (C=O) groups excluding carboxylic acids is 2. The van der Waals surface area contributed by atoms with E-state index in [0.717, 1.165) is 10.6 Å². The van der Waals surface area contributed by atoms with E-state index in [2.05, 4.69) is 10.3 Å². The largest absolute Gasteiger partial charge is 0.332 e. The number of amides is 2. The van der Waals surface area contributed by atoms with Crippen LogP contribution in [0, 0.1) is 6.92 Å². The summed E-state index contributed by atoms with van der Waals surface area (Å²) in [6, 6.07) is 6.91. The van der Waals surface area contributed by atoms with E-state index in [0.29, 0.717) is 26.3 Å². The second-order valence-electron chi connectivity index (χ2n) is 5.75. The lowest BCUT2D eigenvalue weighted by atomic mass is 10.3. The van der Waals surface area contributed by atoms with Crippen molar-refractivity contribution in [1.82, 2.24) is 9.88 Å². The van der Waals surface area contributed by atoms with Crippen molar-refractivity contribution in [2.45, 2.75) is 6.92 Å². The van der Waals surface area contributed by atoms with Gasteiger partial charge < -0.3 is 10.2 Å². The summed E-state index contributed by atoms with van der Waals surface area (Å²) in [5.41, 5.74) is 1.97. The van der Waals surface area contributed by atoms with Gasteiger partial charge in [-0.1, -0.05) is 29.3 Å². The average Bonchev–Trinajstić information content (AvgIpc) is 3.27. The summed E-state index contributed by atoms with van der Waals surface area (Å²) in [5.74, 6) is -0.645. The van der Waals surface area contributed by atoms with Crippen LogP contribution in [0.25, 0.3) is 10.6 Å². The van der Waals surface area contributed by atoms with Gasteiger partial charge in [0.15, 0.2) is 0 Å². The molecule has 2 heterocycles. The van der Waals surface area contributed by atoms with Gasteiger partial charge in [-0.05, 0) is 30.5 Å². The molecule has 0 unspecified atom stereocenters. The standard InChI is InChI=1S/C18H15Cl2N3O2S2/c1-10-16(27-17(21-10)11-6-7-26-9-11)18(25)23(2)8-14(24)22-15-12(19)4-3-5-13(15)20/h3-7,9H,8H2,1-2H3,(H,22,24). The van der Waals surface area contributed by atoms with E-state index in [9.17, 15) is 9.59 Å². The number of thiophene rings is 1. The summed E-state index contributed by atoms with van der Waals surface area (Å²) in [6.07, 6.45) is 0. The lowest BCUT2D eigenvalue weighted by Gasteiger charge is -2.17. The summed E-state index contributed by atoms with van der Waals surface area (Å²) in [5, 5.41) is 8.06. The van der Waals surface area contributed by atoms with Gasteiger partial charge in [-0.3, -0.25) is 9.59 Å². The summed E-state index contributed by atoms with van der Waals surface area (Å²) in [7, 11) is 1.57. The molecule has 1 aromatic carbocycles. The summed E-state index contributed by atoms with van der Waals surface area (Å²) < 4.78 is 0. The molecule has 2 aromatic heterocycles. The maximum Gasteiger partial charge on any atom is 0.266 e. The number of hydrogen-bond acceptors (Lipinski definition) is 5. The molecule has 0 atom stereocenters. The van der Waals surface area contributed by atoms with Gasteiger partial charge in [0.05, 0.1) is 28.0 Å². The Balaban J connectivity index is 1.70. The molecule has 3 rings (SSSR count). The van der Waals surface area contributed by atoms with E-state index in [4.69, 9.17) is 23.2 Å². The van der Waals surface area contributed by atoms with Crippen molar-refractivity contribution in [3.05, 3.63) is 55.6 Å². The number of carbonyl (C=O) groups is 2. The monoisotopic (exact) mass is 439 g/mol. The molecular weight excluding hydrogens is 425 g/mol. The van der Waals surface area contributed by atoms with Crippen molar-refractivity contribution < 1.29 is 9.59 Å². The van der Waals surface area contributed by atoms with Crippen molar-refractivity contribution in [2.24, 2.45) is 0 Å². The van der Waals surface area contributed by atoms with Crippen LogP contribution in [0.4, 0.5) is 5.69 Å². The van der Waals surface area contributed by atoms with Crippen molar-refractivity contribution >= 4 is 63.4 Å². The molecule has 2 amide bonds. The number of anilines is 1. The molecule has 27 heavy (non-hydrogen) atoms. The molecule has 3 aromatic rings. The predicted molar refractivity (Wildman–Crippen MR) is 112 cm³/mol. The molecule has 1 N–H and O–H groups in total. The molecule has 0 saturated carbocycles. The zero-order chi connectivity index (χ0) is 19.6. The molecule has 0 spiro atoms. The molecule has 0 fully saturated rings. The van der Waals surface area contributed by atoms with Crippen molar-refractivity contribution in [3.63, 3.8) is 0 Å². The number of aryl methyl sites for hydroxylation is 1. The SMILES string of the molecule is Cc1nc(-c2ccsc2)sc1C(=O)N(C)CC(=O)Nc1c(Cl)cccc1Cl. The van der Waals surface area contributed by atoms with Crippen LogP contribution in [0.3, 0.4) is 0 Å². The van der Waals surface area contributed by atoms with Crippen LogP contribution in [-0.2, 0) is 4.79 Å². The molecule has 0 radical (unpaired) electrons. The zero-order valence-corrected chi connectivity index (χ0v) is 17.6. The number of para-hydroxylation sites is 1. The normalized spacial score (nSPS) is 10.7. The van der Waals surface area contributed by atoms with Crippen molar-refractivity contribution in [1.29, 1.82) is 0 Å². The number of nitrogens with one attached hydrogen (secondary N) is 1. The quantitative estimate of drug-likeness (QED) is 0.594. The molecule has 5 nitrogen and oxygen atoms in total. The van der Waals surface area contributed by atoms with E-state index >= 15 is 0 Å². The topological polar surface area (TPSA) is 62.3 Å². The fourth-order valence-electron chi connectivity index (χ4n) is 2.36. The minimum absolute atomic E-state index is 0.133. The number of hydrogen-bond donors (Lipinski definition) is 1. The van der Waals surface area contributed by atoms with Crippen LogP contribution >= 0.6 is 45.9 Å². The number of benzene rings is 1. The Bertz CT molecular complexity index is 966. The lowest BCUT2D eigenvalue weighted by Crippen LogP contribution is -2.35. The highest BCUT2D eigenvalue weighted by atomic mass is 35.5. The highest BCUT2D eigenvalue weighted by molar-refractivity contribution is 7.17. The molecule has 9 heteroatoms. The van der Waals surface area contributed by atoms with Gasteiger partial charge in [0.1, 0.15) is 9.88 Å². The third kappa shape index (κ3) is 4.50. The first-order chi connectivity index (χ1) is 12.9. The second kappa shape index (κ2) is 8.39. The molecule has 0 aliphatic heterocycles. The maximum absolute atomic E-state index is 12.7. The van der Waals surface area contributed by atoms with Crippen molar-refractivity contribution in [2.75, 3.05) is 18.9 Å². The van der Waals surface area contributed by atoms with E-state index in [-0.39, 0.29) is 18.4 Å². The lowest BCUT2D eigenvalue weighted by molar-refractivity contribution is -0.116. The van der Waals surface area contributed by atoms with Crippen LogP contribution in [0.2, 0.25) is 10.0 Å². The number of thiazole rings is 1. The number of rotatable bonds is 5. The summed E-state index contributed by atoms with van der Waals surface area (Å²) >= 11 is 15.0. The second-order valence-corrected chi connectivity index (χ2v) is 8.35. The Morgan fingerprint density at radius 1 is 1.22 bits per heavy atom. The highest BCUT2D eigenvalue weighted by Gasteiger charge is 2.22. The fourth-order valence-corrected chi connectivity index (χ4v) is 4.63. The third-order valence-electron chi connectivity index (χ3n) is 3.71. The molecule has 140 valence electrons. The Kier molecular flexibility index (Phi) is 6.16.